The molecule has 2 aromatic carbocycles. The number of methoxy groups -OCH3 is 2. The summed E-state index contributed by atoms with van der Waals surface area (Å²) in [7, 11) is -1.03. The zero-order chi connectivity index (χ0) is 23.3. The molecule has 0 aromatic heterocycles. The van der Waals surface area contributed by atoms with Crippen molar-refractivity contribution in [3.05, 3.63) is 42.0 Å². The van der Waals surface area contributed by atoms with E-state index in [1.807, 2.05) is 6.92 Å². The van der Waals surface area contributed by atoms with Gasteiger partial charge in [-0.2, -0.15) is 0 Å². The van der Waals surface area contributed by atoms with Crippen LogP contribution in [0, 0.1) is 5.92 Å². The fraction of sp³-hybridized carbons (Fsp3) is 0.435. The monoisotopic (exact) mass is 462 g/mol. The third-order valence-electron chi connectivity index (χ3n) is 5.39. The number of amides is 1. The molecule has 1 heterocycles. The summed E-state index contributed by atoms with van der Waals surface area (Å²) in [6.07, 6.45) is 1.97. The maximum absolute atomic E-state index is 13.4. The highest BCUT2D eigenvalue weighted by Crippen LogP contribution is 2.35. The number of carbonyl (C=O) groups excluding carboxylic acids is 1. The lowest BCUT2D eigenvalue weighted by atomic mass is 9.99. The Balaban J connectivity index is 1.99. The highest BCUT2D eigenvalue weighted by Gasteiger charge is 2.27. The number of hydrogen-bond acceptors (Lipinski definition) is 6. The fourth-order valence-electron chi connectivity index (χ4n) is 3.77. The van der Waals surface area contributed by atoms with Crippen LogP contribution in [0.4, 0.5) is 5.69 Å². The Kier molecular flexibility index (Phi) is 7.50. The molecule has 1 aliphatic heterocycles. The van der Waals surface area contributed by atoms with Crippen molar-refractivity contribution in [2.45, 2.75) is 31.6 Å². The third kappa shape index (κ3) is 5.27. The average Bonchev–Trinajstić information content (AvgIpc) is 2.78. The highest BCUT2D eigenvalue weighted by atomic mass is 32.2. The number of hydrogen-bond donors (Lipinski definition) is 1. The second kappa shape index (κ2) is 10.1. The Hall–Kier alpha value is -2.94. The average molecular weight is 463 g/mol. The molecule has 8 nitrogen and oxygen atoms in total. The largest absolute Gasteiger partial charge is 0.494 e. The summed E-state index contributed by atoms with van der Waals surface area (Å²) in [5.41, 5.74) is 0.353. The second-order valence-electron chi connectivity index (χ2n) is 7.76. The minimum atomic E-state index is -3.96. The molecule has 1 unspecified atom stereocenters. The minimum absolute atomic E-state index is 0.0562. The predicted molar refractivity (Wildman–Crippen MR) is 122 cm³/mol. The first-order valence-electron chi connectivity index (χ1n) is 10.6. The molecule has 174 valence electrons. The zero-order valence-corrected chi connectivity index (χ0v) is 19.7. The van der Waals surface area contributed by atoms with Crippen molar-refractivity contribution in [1.29, 1.82) is 0 Å². The van der Waals surface area contributed by atoms with Gasteiger partial charge in [0.2, 0.25) is 0 Å². The Morgan fingerprint density at radius 1 is 1.12 bits per heavy atom. The van der Waals surface area contributed by atoms with Gasteiger partial charge in [-0.25, -0.2) is 8.42 Å². The van der Waals surface area contributed by atoms with Crippen molar-refractivity contribution < 1.29 is 27.4 Å². The van der Waals surface area contributed by atoms with Crippen LogP contribution in [0.3, 0.4) is 0 Å². The zero-order valence-electron chi connectivity index (χ0n) is 18.9. The van der Waals surface area contributed by atoms with Gasteiger partial charge in [-0.15, -0.1) is 0 Å². The number of rotatable bonds is 8. The van der Waals surface area contributed by atoms with E-state index in [1.54, 1.807) is 17.0 Å². The fourth-order valence-corrected chi connectivity index (χ4v) is 4.84. The number of nitrogens with zero attached hydrogens (tertiary/aromatic N) is 1. The normalized spacial score (nSPS) is 16.4. The first kappa shape index (κ1) is 23.7. The van der Waals surface area contributed by atoms with Crippen LogP contribution in [0.1, 0.15) is 37.0 Å². The van der Waals surface area contributed by atoms with Crippen molar-refractivity contribution in [2.24, 2.45) is 5.92 Å². The molecule has 0 radical (unpaired) electrons. The second-order valence-corrected chi connectivity index (χ2v) is 9.44. The van der Waals surface area contributed by atoms with Crippen LogP contribution in [-0.4, -0.2) is 53.1 Å². The molecule has 1 fully saturated rings. The molecule has 32 heavy (non-hydrogen) atoms. The number of likely N-dealkylation sites (tertiary alicyclic amines) is 1. The number of piperidine rings is 1. The van der Waals surface area contributed by atoms with Crippen LogP contribution >= 0.6 is 0 Å². The van der Waals surface area contributed by atoms with Gasteiger partial charge in [-0.05, 0) is 56.0 Å². The van der Waals surface area contributed by atoms with Crippen molar-refractivity contribution in [3.63, 3.8) is 0 Å². The van der Waals surface area contributed by atoms with Gasteiger partial charge in [-0.1, -0.05) is 6.92 Å². The van der Waals surface area contributed by atoms with Crippen LogP contribution < -0.4 is 18.9 Å². The van der Waals surface area contributed by atoms with Gasteiger partial charge in [0.05, 0.1) is 37.0 Å². The van der Waals surface area contributed by atoms with E-state index in [2.05, 4.69) is 11.6 Å². The first-order chi connectivity index (χ1) is 15.3. The first-order valence-corrected chi connectivity index (χ1v) is 12.1. The summed E-state index contributed by atoms with van der Waals surface area (Å²) in [5.74, 6) is 1.39. The van der Waals surface area contributed by atoms with E-state index < -0.39 is 10.0 Å². The van der Waals surface area contributed by atoms with E-state index in [-0.39, 0.29) is 22.1 Å². The molecular weight excluding hydrogens is 432 g/mol. The van der Waals surface area contributed by atoms with Gasteiger partial charge in [0, 0.05) is 19.2 Å². The Bertz CT molecular complexity index is 1050. The summed E-state index contributed by atoms with van der Waals surface area (Å²) in [6.45, 7) is 5.69. The van der Waals surface area contributed by atoms with Crippen LogP contribution in [-0.2, 0) is 10.0 Å². The van der Waals surface area contributed by atoms with Crippen LogP contribution in [0.15, 0.2) is 41.3 Å². The minimum Gasteiger partial charge on any atom is -0.494 e. The molecule has 0 saturated carbocycles. The molecule has 0 spiro atoms. The maximum atomic E-state index is 13.4. The summed E-state index contributed by atoms with van der Waals surface area (Å²) in [6, 6.07) is 9.10. The summed E-state index contributed by atoms with van der Waals surface area (Å²) < 4.78 is 44.8. The van der Waals surface area contributed by atoms with Gasteiger partial charge in [0.25, 0.3) is 15.9 Å². The molecule has 3 rings (SSSR count). The standard InChI is InChI=1S/C23H30N2O6S/c1-5-31-17-8-10-18(11-9-17)32(27,28)24-20-14-22(30-4)21(29-3)13-19(20)23(26)25-12-6-7-16(2)15-25/h8-11,13-14,16,24H,5-7,12,15H2,1-4H3. The smallest absolute Gasteiger partial charge is 0.261 e. The molecule has 1 atom stereocenters. The van der Waals surface area contributed by atoms with Crippen molar-refractivity contribution >= 4 is 21.6 Å². The lowest BCUT2D eigenvalue weighted by molar-refractivity contribution is 0.0683. The molecule has 1 aliphatic rings. The highest BCUT2D eigenvalue weighted by molar-refractivity contribution is 7.92. The Labute approximate surface area is 189 Å². The number of benzene rings is 2. The molecule has 1 saturated heterocycles. The molecule has 0 bridgehead atoms. The number of carbonyl (C=O) groups is 1. The summed E-state index contributed by atoms with van der Waals surface area (Å²) >= 11 is 0. The van der Waals surface area contributed by atoms with E-state index >= 15 is 0 Å². The van der Waals surface area contributed by atoms with Gasteiger partial charge >= 0.3 is 0 Å². The summed E-state index contributed by atoms with van der Waals surface area (Å²) in [4.78, 5) is 15.2. The van der Waals surface area contributed by atoms with E-state index in [9.17, 15) is 13.2 Å². The molecule has 1 amide bonds. The Morgan fingerprint density at radius 3 is 2.38 bits per heavy atom. The molecule has 0 aliphatic carbocycles. The maximum Gasteiger partial charge on any atom is 0.261 e. The van der Waals surface area contributed by atoms with Gasteiger partial charge < -0.3 is 19.1 Å². The van der Waals surface area contributed by atoms with Crippen LogP contribution in [0.5, 0.6) is 17.2 Å². The van der Waals surface area contributed by atoms with Crippen LogP contribution in [0.2, 0.25) is 0 Å². The van der Waals surface area contributed by atoms with Crippen LogP contribution in [0.25, 0.3) is 0 Å². The predicted octanol–water partition coefficient (Wildman–Crippen LogP) is 3.78. The SMILES string of the molecule is CCOc1ccc(S(=O)(=O)Nc2cc(OC)c(OC)cc2C(=O)N2CCCC(C)C2)cc1. The van der Waals surface area contributed by atoms with Crippen molar-refractivity contribution in [2.75, 3.05) is 38.6 Å². The lowest BCUT2D eigenvalue weighted by Crippen LogP contribution is -2.39. The molecule has 2 aromatic rings. The van der Waals surface area contributed by atoms with Gasteiger partial charge in [-0.3, -0.25) is 9.52 Å². The quantitative estimate of drug-likeness (QED) is 0.642. The van der Waals surface area contributed by atoms with E-state index in [1.165, 1.54) is 38.5 Å². The molecular formula is C23H30N2O6S. The summed E-state index contributed by atoms with van der Waals surface area (Å²) in [5, 5.41) is 0. The number of ether oxygens (including phenoxy) is 3. The number of anilines is 1. The Morgan fingerprint density at radius 2 is 1.78 bits per heavy atom. The van der Waals surface area contributed by atoms with Gasteiger partial charge in [0.15, 0.2) is 11.5 Å². The van der Waals surface area contributed by atoms with Crippen molar-refractivity contribution in [3.8, 4) is 17.2 Å². The van der Waals surface area contributed by atoms with E-state index in [0.717, 1.165) is 12.8 Å². The molecule has 1 N–H and O–H groups in total. The molecule has 9 heteroatoms. The lowest BCUT2D eigenvalue weighted by Gasteiger charge is -2.31. The topological polar surface area (TPSA) is 94.2 Å². The van der Waals surface area contributed by atoms with Crippen molar-refractivity contribution in [1.82, 2.24) is 4.90 Å². The van der Waals surface area contributed by atoms with Gasteiger partial charge in [0.1, 0.15) is 5.75 Å². The number of nitrogens with one attached hydrogen (secondary N) is 1. The third-order valence-corrected chi connectivity index (χ3v) is 6.77. The number of sulfonamides is 1. The van der Waals surface area contributed by atoms with E-state index in [4.69, 9.17) is 14.2 Å². The van der Waals surface area contributed by atoms with E-state index in [0.29, 0.717) is 42.9 Å².